The van der Waals surface area contributed by atoms with Crippen molar-refractivity contribution in [2.24, 2.45) is 0 Å². The van der Waals surface area contributed by atoms with Gasteiger partial charge in [-0.15, -0.1) is 11.3 Å². The van der Waals surface area contributed by atoms with Gasteiger partial charge in [0.2, 0.25) is 0 Å². The summed E-state index contributed by atoms with van der Waals surface area (Å²) in [4.78, 5) is 2.49. The zero-order chi connectivity index (χ0) is 30.9. The van der Waals surface area contributed by atoms with Crippen LogP contribution in [0, 0.1) is 0 Å². The molecule has 2 aromatic heterocycles. The average molecular weight is 618 g/mol. The van der Waals surface area contributed by atoms with E-state index in [2.05, 4.69) is 163 Å². The molecule has 0 saturated heterocycles. The van der Waals surface area contributed by atoms with Crippen molar-refractivity contribution in [1.82, 2.24) is 0 Å². The fraction of sp³-hybridized carbons (Fsp3) is 0. The van der Waals surface area contributed by atoms with Gasteiger partial charge in [0.1, 0.15) is 11.2 Å². The van der Waals surface area contributed by atoms with E-state index < -0.39 is 0 Å². The first-order chi connectivity index (χ1) is 23.3. The van der Waals surface area contributed by atoms with Crippen LogP contribution in [0.3, 0.4) is 0 Å². The predicted molar refractivity (Wildman–Crippen MR) is 202 cm³/mol. The molecule has 220 valence electrons. The van der Waals surface area contributed by atoms with Gasteiger partial charge in [-0.25, -0.2) is 0 Å². The zero-order valence-electron chi connectivity index (χ0n) is 25.4. The van der Waals surface area contributed by atoms with Gasteiger partial charge in [0, 0.05) is 53.6 Å². The summed E-state index contributed by atoms with van der Waals surface area (Å²) in [6.07, 6.45) is 0. The van der Waals surface area contributed by atoms with Crippen molar-refractivity contribution in [3.8, 4) is 11.1 Å². The number of hydrogen-bond donors (Lipinski definition) is 0. The molecule has 10 aromatic rings. The van der Waals surface area contributed by atoms with Gasteiger partial charge >= 0.3 is 0 Å². The fourth-order valence-electron chi connectivity index (χ4n) is 7.44. The molecular formula is C44H27NOS. The topological polar surface area (TPSA) is 16.4 Å². The average Bonchev–Trinajstić information content (AvgIpc) is 3.71. The summed E-state index contributed by atoms with van der Waals surface area (Å²) in [6, 6.07) is 59.1. The van der Waals surface area contributed by atoms with Crippen LogP contribution in [0.2, 0.25) is 0 Å². The van der Waals surface area contributed by atoms with Gasteiger partial charge in [-0.05, 0) is 58.1 Å². The van der Waals surface area contributed by atoms with E-state index in [-0.39, 0.29) is 0 Å². The van der Waals surface area contributed by atoms with Crippen LogP contribution < -0.4 is 4.90 Å². The lowest BCUT2D eigenvalue weighted by Crippen LogP contribution is -2.12. The number of rotatable bonds is 4. The SMILES string of the molecule is c1ccc(-c2c(N(c3ccc4c(c3)oc3ccccc34)c3cccc4sc5ccccc5c34)c3ccccc3c3ccccc23)cc1. The largest absolute Gasteiger partial charge is 0.456 e. The van der Waals surface area contributed by atoms with E-state index in [9.17, 15) is 0 Å². The van der Waals surface area contributed by atoms with Crippen molar-refractivity contribution in [2.75, 3.05) is 4.90 Å². The first-order valence-corrected chi connectivity index (χ1v) is 16.8. The van der Waals surface area contributed by atoms with Gasteiger partial charge < -0.3 is 9.32 Å². The van der Waals surface area contributed by atoms with Crippen LogP contribution in [0.25, 0.3) is 74.8 Å². The van der Waals surface area contributed by atoms with Crippen LogP contribution in [0.15, 0.2) is 168 Å². The van der Waals surface area contributed by atoms with Crippen LogP contribution in [0.5, 0.6) is 0 Å². The minimum atomic E-state index is 0.877. The summed E-state index contributed by atoms with van der Waals surface area (Å²) in [6.45, 7) is 0. The molecule has 8 aromatic carbocycles. The molecule has 3 heteroatoms. The van der Waals surface area contributed by atoms with Crippen LogP contribution in [0.1, 0.15) is 0 Å². The third kappa shape index (κ3) is 3.97. The third-order valence-corrected chi connectivity index (χ3v) is 10.6. The summed E-state index contributed by atoms with van der Waals surface area (Å²) in [5.74, 6) is 0. The molecule has 0 saturated carbocycles. The van der Waals surface area contributed by atoms with Crippen LogP contribution in [-0.2, 0) is 0 Å². The Labute approximate surface area is 275 Å². The molecule has 10 rings (SSSR count). The number of para-hydroxylation sites is 1. The molecule has 0 aliphatic heterocycles. The predicted octanol–water partition coefficient (Wildman–Crippen LogP) is 13.4. The first-order valence-electron chi connectivity index (χ1n) is 15.9. The Morgan fingerprint density at radius 2 is 1.04 bits per heavy atom. The molecule has 0 aliphatic rings. The molecule has 0 atom stereocenters. The van der Waals surface area contributed by atoms with Gasteiger partial charge in [0.15, 0.2) is 0 Å². The molecule has 0 unspecified atom stereocenters. The third-order valence-electron chi connectivity index (χ3n) is 9.43. The number of hydrogen-bond acceptors (Lipinski definition) is 3. The maximum absolute atomic E-state index is 6.51. The van der Waals surface area contributed by atoms with E-state index in [0.717, 1.165) is 39.0 Å². The van der Waals surface area contributed by atoms with E-state index in [1.165, 1.54) is 52.8 Å². The quantitative estimate of drug-likeness (QED) is 0.183. The number of fused-ring (bicyclic) bond motifs is 9. The number of nitrogens with zero attached hydrogens (tertiary/aromatic N) is 1. The smallest absolute Gasteiger partial charge is 0.137 e. The van der Waals surface area contributed by atoms with Gasteiger partial charge in [-0.2, -0.15) is 0 Å². The molecule has 0 fully saturated rings. The molecule has 0 bridgehead atoms. The second kappa shape index (κ2) is 10.3. The molecule has 2 nitrogen and oxygen atoms in total. The molecule has 47 heavy (non-hydrogen) atoms. The van der Waals surface area contributed by atoms with Crippen molar-refractivity contribution in [3.05, 3.63) is 164 Å². The Hall–Kier alpha value is -5.90. The van der Waals surface area contributed by atoms with E-state index in [4.69, 9.17) is 4.42 Å². The summed E-state index contributed by atoms with van der Waals surface area (Å²) in [5, 5.41) is 9.68. The Bertz CT molecular complexity index is 2810. The van der Waals surface area contributed by atoms with Crippen molar-refractivity contribution in [2.45, 2.75) is 0 Å². The summed E-state index contributed by atoms with van der Waals surface area (Å²) < 4.78 is 9.06. The molecule has 0 aliphatic carbocycles. The van der Waals surface area contributed by atoms with Crippen molar-refractivity contribution in [1.29, 1.82) is 0 Å². The standard InChI is InChI=1S/C44H27NOS/c1-2-13-28(14-3-1)42-34-18-6-4-15-30(34)31-16-5-7-19-35(31)44(42)45(29-25-26-33-32-17-8-10-22-38(32)46-39(33)27-29)37-21-12-24-41-43(37)36-20-9-11-23-40(36)47-41/h1-27H. The summed E-state index contributed by atoms with van der Waals surface area (Å²) in [5.41, 5.74) is 7.53. The fourth-order valence-corrected chi connectivity index (χ4v) is 8.56. The normalized spacial score (nSPS) is 11.8. The maximum atomic E-state index is 6.51. The van der Waals surface area contributed by atoms with Gasteiger partial charge in [-0.3, -0.25) is 0 Å². The second-order valence-electron chi connectivity index (χ2n) is 12.0. The highest BCUT2D eigenvalue weighted by molar-refractivity contribution is 7.26. The minimum Gasteiger partial charge on any atom is -0.456 e. The van der Waals surface area contributed by atoms with Crippen molar-refractivity contribution >= 4 is 92.1 Å². The van der Waals surface area contributed by atoms with E-state index in [0.29, 0.717) is 0 Å². The van der Waals surface area contributed by atoms with Gasteiger partial charge in [0.05, 0.1) is 11.4 Å². The zero-order valence-corrected chi connectivity index (χ0v) is 26.2. The van der Waals surface area contributed by atoms with Crippen LogP contribution >= 0.6 is 11.3 Å². The first kappa shape index (κ1) is 26.3. The van der Waals surface area contributed by atoms with Crippen molar-refractivity contribution < 1.29 is 4.42 Å². The van der Waals surface area contributed by atoms with E-state index in [1.54, 1.807) is 0 Å². The van der Waals surface area contributed by atoms with E-state index in [1.807, 2.05) is 17.4 Å². The number of furan rings is 1. The van der Waals surface area contributed by atoms with Crippen LogP contribution in [0.4, 0.5) is 17.1 Å². The number of benzene rings is 8. The van der Waals surface area contributed by atoms with Gasteiger partial charge in [0.25, 0.3) is 0 Å². The highest BCUT2D eigenvalue weighted by atomic mass is 32.1. The Kier molecular flexibility index (Phi) is 5.78. The molecule has 0 amide bonds. The lowest BCUT2D eigenvalue weighted by atomic mass is 9.90. The lowest BCUT2D eigenvalue weighted by Gasteiger charge is -2.31. The molecule has 0 spiro atoms. The Balaban J connectivity index is 1.41. The number of thiophene rings is 1. The maximum Gasteiger partial charge on any atom is 0.137 e. The molecule has 2 heterocycles. The van der Waals surface area contributed by atoms with Gasteiger partial charge in [-0.1, -0.05) is 121 Å². The monoisotopic (exact) mass is 617 g/mol. The Morgan fingerprint density at radius 3 is 1.87 bits per heavy atom. The Morgan fingerprint density at radius 1 is 0.426 bits per heavy atom. The lowest BCUT2D eigenvalue weighted by molar-refractivity contribution is 0.669. The molecule has 0 radical (unpaired) electrons. The highest BCUT2D eigenvalue weighted by Crippen LogP contribution is 2.52. The van der Waals surface area contributed by atoms with Crippen molar-refractivity contribution in [3.63, 3.8) is 0 Å². The molecule has 0 N–H and O–H groups in total. The highest BCUT2D eigenvalue weighted by Gasteiger charge is 2.26. The summed E-state index contributed by atoms with van der Waals surface area (Å²) in [7, 11) is 0. The second-order valence-corrected chi connectivity index (χ2v) is 13.1. The minimum absolute atomic E-state index is 0.877. The van der Waals surface area contributed by atoms with Crippen LogP contribution in [-0.4, -0.2) is 0 Å². The molecular weight excluding hydrogens is 591 g/mol. The van der Waals surface area contributed by atoms with E-state index >= 15 is 0 Å². The number of anilines is 3. The summed E-state index contributed by atoms with van der Waals surface area (Å²) >= 11 is 1.85.